The maximum Gasteiger partial charge on any atom is 0.252 e. The predicted octanol–water partition coefficient (Wildman–Crippen LogP) is 3.40. The summed E-state index contributed by atoms with van der Waals surface area (Å²) in [6, 6.07) is 6.28. The lowest BCUT2D eigenvalue weighted by Crippen LogP contribution is -2.43. The molecule has 3 aromatic rings. The summed E-state index contributed by atoms with van der Waals surface area (Å²) >= 11 is 0. The fourth-order valence-corrected chi connectivity index (χ4v) is 3.61. The summed E-state index contributed by atoms with van der Waals surface area (Å²) in [4.78, 5) is 20.4. The number of rotatable bonds is 6. The number of carbonyl (C=O) groups excluding carboxylic acids is 1. The summed E-state index contributed by atoms with van der Waals surface area (Å²) < 4.78 is 20.0. The third-order valence-electron chi connectivity index (χ3n) is 5.19. The molecule has 156 valence electrons. The zero-order valence-corrected chi connectivity index (χ0v) is 16.3. The Bertz CT molecular complexity index is 1040. The molecule has 1 fully saturated rings. The van der Waals surface area contributed by atoms with Gasteiger partial charge in [0.1, 0.15) is 11.6 Å². The SMILES string of the molecule is NC(=O)c1cc(F)c(NC2CCCC[C@@H]2N)nc1Nc1cncc(-c2ccco2)c1. The second kappa shape index (κ2) is 8.50. The Morgan fingerprint density at radius 3 is 2.77 bits per heavy atom. The zero-order chi connectivity index (χ0) is 21.1. The Morgan fingerprint density at radius 2 is 2.03 bits per heavy atom. The predicted molar refractivity (Wildman–Crippen MR) is 112 cm³/mol. The standard InChI is InChI=1S/C21H23FN6O2/c22-15-9-14(19(24)29)20(28-21(15)27-17-5-2-1-4-16(17)23)26-13-8-12(10-25-11-13)18-6-3-7-30-18/h3,6-11,16-17H,1-2,4-5,23H2,(H2,24,29)(H2,26,27,28)/t16-,17?/m0/s1. The first-order valence-electron chi connectivity index (χ1n) is 9.79. The number of hydrogen-bond donors (Lipinski definition) is 4. The van der Waals surface area contributed by atoms with Crippen molar-refractivity contribution in [2.24, 2.45) is 11.5 Å². The molecule has 8 nitrogen and oxygen atoms in total. The van der Waals surface area contributed by atoms with E-state index in [0.29, 0.717) is 11.4 Å². The van der Waals surface area contributed by atoms with Gasteiger partial charge in [0.25, 0.3) is 5.91 Å². The van der Waals surface area contributed by atoms with Gasteiger partial charge in [0.15, 0.2) is 11.6 Å². The van der Waals surface area contributed by atoms with Crippen LogP contribution in [-0.4, -0.2) is 28.0 Å². The molecule has 2 atom stereocenters. The Labute approximate surface area is 172 Å². The lowest BCUT2D eigenvalue weighted by Gasteiger charge is -2.30. The monoisotopic (exact) mass is 410 g/mol. The molecule has 30 heavy (non-hydrogen) atoms. The molecule has 1 saturated carbocycles. The number of aromatic nitrogens is 2. The van der Waals surface area contributed by atoms with Gasteiger partial charge >= 0.3 is 0 Å². The Balaban J connectivity index is 1.64. The first kappa shape index (κ1) is 19.8. The fourth-order valence-electron chi connectivity index (χ4n) is 3.61. The van der Waals surface area contributed by atoms with E-state index in [-0.39, 0.29) is 29.3 Å². The number of furan rings is 1. The van der Waals surface area contributed by atoms with Gasteiger partial charge in [0, 0.05) is 23.8 Å². The average Bonchev–Trinajstić information content (AvgIpc) is 3.27. The van der Waals surface area contributed by atoms with Crippen LogP contribution in [0.25, 0.3) is 11.3 Å². The quantitative estimate of drug-likeness (QED) is 0.489. The minimum Gasteiger partial charge on any atom is -0.464 e. The molecule has 6 N–H and O–H groups in total. The van der Waals surface area contributed by atoms with Crippen LogP contribution in [0.15, 0.2) is 47.3 Å². The molecule has 9 heteroatoms. The summed E-state index contributed by atoms with van der Waals surface area (Å²) in [5.41, 5.74) is 12.8. The molecule has 3 heterocycles. The van der Waals surface area contributed by atoms with Crippen LogP contribution in [0.4, 0.5) is 21.7 Å². The highest BCUT2D eigenvalue weighted by atomic mass is 19.1. The van der Waals surface area contributed by atoms with Gasteiger partial charge in [-0.3, -0.25) is 9.78 Å². The number of nitrogens with zero attached hydrogens (tertiary/aromatic N) is 2. The minimum absolute atomic E-state index is 0.0278. The second-order valence-electron chi connectivity index (χ2n) is 7.34. The lowest BCUT2D eigenvalue weighted by molar-refractivity contribution is 0.100. The molecule has 0 aromatic carbocycles. The molecule has 0 radical (unpaired) electrons. The number of nitrogens with one attached hydrogen (secondary N) is 2. The molecule has 0 saturated heterocycles. The molecule has 0 bridgehead atoms. The van der Waals surface area contributed by atoms with Gasteiger partial charge in [-0.15, -0.1) is 0 Å². The van der Waals surface area contributed by atoms with Gasteiger partial charge in [0.05, 0.1) is 23.7 Å². The average molecular weight is 410 g/mol. The number of hydrogen-bond acceptors (Lipinski definition) is 7. The van der Waals surface area contributed by atoms with Crippen molar-refractivity contribution in [1.29, 1.82) is 0 Å². The number of halogens is 1. The largest absolute Gasteiger partial charge is 0.464 e. The number of carbonyl (C=O) groups is 1. The Hall–Kier alpha value is -3.46. The summed E-state index contributed by atoms with van der Waals surface area (Å²) in [6.07, 6.45) is 8.55. The zero-order valence-electron chi connectivity index (χ0n) is 16.3. The maximum atomic E-state index is 14.6. The summed E-state index contributed by atoms with van der Waals surface area (Å²) in [6.45, 7) is 0. The van der Waals surface area contributed by atoms with Gasteiger partial charge in [0.2, 0.25) is 0 Å². The smallest absolute Gasteiger partial charge is 0.252 e. The number of nitrogens with two attached hydrogens (primary N) is 2. The van der Waals surface area contributed by atoms with Gasteiger partial charge in [-0.25, -0.2) is 9.37 Å². The van der Waals surface area contributed by atoms with Crippen LogP contribution >= 0.6 is 0 Å². The van der Waals surface area contributed by atoms with E-state index in [1.807, 2.05) is 0 Å². The first-order valence-corrected chi connectivity index (χ1v) is 9.79. The molecule has 4 rings (SSSR count). The molecule has 1 aliphatic carbocycles. The number of amides is 1. The molecular weight excluding hydrogens is 387 g/mol. The Kier molecular flexibility index (Phi) is 5.62. The van der Waals surface area contributed by atoms with Gasteiger partial charge < -0.3 is 26.5 Å². The number of pyridine rings is 2. The molecule has 0 spiro atoms. The lowest BCUT2D eigenvalue weighted by atomic mass is 9.91. The van der Waals surface area contributed by atoms with Crippen molar-refractivity contribution in [3.63, 3.8) is 0 Å². The molecule has 1 unspecified atom stereocenters. The van der Waals surface area contributed by atoms with Crippen LogP contribution in [-0.2, 0) is 0 Å². The molecule has 1 aliphatic rings. The van der Waals surface area contributed by atoms with Crippen molar-refractivity contribution in [3.8, 4) is 11.3 Å². The van der Waals surface area contributed by atoms with Crippen LogP contribution < -0.4 is 22.1 Å². The number of anilines is 3. The van der Waals surface area contributed by atoms with Gasteiger partial charge in [-0.2, -0.15) is 0 Å². The van der Waals surface area contributed by atoms with E-state index in [1.165, 1.54) is 0 Å². The van der Waals surface area contributed by atoms with E-state index < -0.39 is 11.7 Å². The highest BCUT2D eigenvalue weighted by Gasteiger charge is 2.24. The van der Waals surface area contributed by atoms with E-state index in [1.54, 1.807) is 36.9 Å². The fraction of sp³-hybridized carbons (Fsp3) is 0.286. The van der Waals surface area contributed by atoms with Gasteiger partial charge in [-0.05, 0) is 37.1 Å². The van der Waals surface area contributed by atoms with E-state index in [9.17, 15) is 9.18 Å². The topological polar surface area (TPSA) is 132 Å². The minimum atomic E-state index is -0.792. The van der Waals surface area contributed by atoms with E-state index in [0.717, 1.165) is 37.3 Å². The highest BCUT2D eigenvalue weighted by molar-refractivity contribution is 5.98. The third kappa shape index (κ3) is 4.25. The summed E-state index contributed by atoms with van der Waals surface area (Å²) in [5.74, 6) is -0.647. The summed E-state index contributed by atoms with van der Waals surface area (Å²) in [5, 5.41) is 6.11. The molecule has 1 amide bonds. The summed E-state index contributed by atoms with van der Waals surface area (Å²) in [7, 11) is 0. The van der Waals surface area contributed by atoms with Crippen LogP contribution in [0, 0.1) is 5.82 Å². The molecule has 0 aliphatic heterocycles. The van der Waals surface area contributed by atoms with Crippen molar-refractivity contribution in [3.05, 3.63) is 54.3 Å². The van der Waals surface area contributed by atoms with Crippen LogP contribution in [0.3, 0.4) is 0 Å². The normalized spacial score (nSPS) is 18.7. The van der Waals surface area contributed by atoms with Gasteiger partial charge in [-0.1, -0.05) is 12.8 Å². The van der Waals surface area contributed by atoms with Crippen LogP contribution in [0.2, 0.25) is 0 Å². The van der Waals surface area contributed by atoms with Crippen molar-refractivity contribution in [1.82, 2.24) is 9.97 Å². The van der Waals surface area contributed by atoms with Crippen molar-refractivity contribution >= 4 is 23.2 Å². The molecule has 3 aromatic heterocycles. The van der Waals surface area contributed by atoms with Crippen molar-refractivity contribution < 1.29 is 13.6 Å². The maximum absolute atomic E-state index is 14.6. The number of primary amides is 1. The Morgan fingerprint density at radius 1 is 1.20 bits per heavy atom. The molecular formula is C21H23FN6O2. The van der Waals surface area contributed by atoms with Crippen molar-refractivity contribution in [2.45, 2.75) is 37.8 Å². The third-order valence-corrected chi connectivity index (χ3v) is 5.19. The van der Waals surface area contributed by atoms with E-state index in [4.69, 9.17) is 15.9 Å². The van der Waals surface area contributed by atoms with Crippen LogP contribution in [0.1, 0.15) is 36.0 Å². The first-order chi connectivity index (χ1) is 14.5. The highest BCUT2D eigenvalue weighted by Crippen LogP contribution is 2.28. The van der Waals surface area contributed by atoms with E-state index in [2.05, 4.69) is 20.6 Å². The second-order valence-corrected chi connectivity index (χ2v) is 7.34. The van der Waals surface area contributed by atoms with Crippen LogP contribution in [0.5, 0.6) is 0 Å². The van der Waals surface area contributed by atoms with E-state index >= 15 is 0 Å². The van der Waals surface area contributed by atoms with Crippen molar-refractivity contribution in [2.75, 3.05) is 10.6 Å².